The molecule has 2 saturated heterocycles. The maximum absolute atomic E-state index is 13.9. The molecule has 2 aromatic rings. The molecule has 6 nitrogen and oxygen atoms in total. The molecule has 29 heavy (non-hydrogen) atoms. The van der Waals surface area contributed by atoms with E-state index >= 15 is 0 Å². The highest BCUT2D eigenvalue weighted by atomic mass is 35.5. The first kappa shape index (κ1) is 18.9. The molecule has 3 heterocycles. The van der Waals surface area contributed by atoms with Crippen LogP contribution in [0.4, 0.5) is 11.4 Å². The van der Waals surface area contributed by atoms with Gasteiger partial charge >= 0.3 is 0 Å². The number of benzene rings is 2. The largest absolute Gasteiger partial charge is 0.379 e. The maximum Gasteiger partial charge on any atom is 0.269 e. The molecule has 0 aromatic heterocycles. The Hall–Kier alpha value is -2.06. The lowest BCUT2D eigenvalue weighted by Gasteiger charge is -2.35. The van der Waals surface area contributed by atoms with Crippen molar-refractivity contribution >= 4 is 46.6 Å². The smallest absolute Gasteiger partial charge is 0.269 e. The summed E-state index contributed by atoms with van der Waals surface area (Å²) in [6.45, 7) is 3.37. The number of carbonyl (C=O) groups is 2. The van der Waals surface area contributed by atoms with Gasteiger partial charge in [0.2, 0.25) is 10.8 Å². The summed E-state index contributed by atoms with van der Waals surface area (Å²) in [6.07, 6.45) is 0. The van der Waals surface area contributed by atoms with Gasteiger partial charge in [0.05, 0.1) is 31.3 Å². The summed E-state index contributed by atoms with van der Waals surface area (Å²) < 4.78 is 5.44. The van der Waals surface area contributed by atoms with E-state index in [2.05, 4.69) is 4.90 Å². The zero-order valence-electron chi connectivity index (χ0n) is 15.7. The van der Waals surface area contributed by atoms with Gasteiger partial charge in [-0.15, -0.1) is 11.8 Å². The highest BCUT2D eigenvalue weighted by Crippen LogP contribution is 2.55. The van der Waals surface area contributed by atoms with E-state index in [0.717, 1.165) is 24.3 Å². The predicted octanol–water partition coefficient (Wildman–Crippen LogP) is 2.91. The molecule has 3 aliphatic heterocycles. The molecule has 0 N–H and O–H groups in total. The Labute approximate surface area is 178 Å². The van der Waals surface area contributed by atoms with Gasteiger partial charge in [0.25, 0.3) is 5.91 Å². The fourth-order valence-electron chi connectivity index (χ4n) is 4.25. The Morgan fingerprint density at radius 1 is 1.07 bits per heavy atom. The molecule has 2 aromatic carbocycles. The molecule has 0 radical (unpaired) electrons. The average molecular weight is 430 g/mol. The van der Waals surface area contributed by atoms with Crippen LogP contribution in [-0.4, -0.2) is 55.4 Å². The Balaban J connectivity index is 1.60. The van der Waals surface area contributed by atoms with E-state index in [0.29, 0.717) is 30.6 Å². The fraction of sp³-hybridized carbons (Fsp3) is 0.333. The van der Waals surface area contributed by atoms with Crippen molar-refractivity contribution in [2.75, 3.05) is 48.5 Å². The molecule has 1 spiro atoms. The van der Waals surface area contributed by atoms with E-state index in [1.54, 1.807) is 23.1 Å². The van der Waals surface area contributed by atoms with Gasteiger partial charge in [-0.1, -0.05) is 35.9 Å². The molecule has 5 rings (SSSR count). The van der Waals surface area contributed by atoms with Crippen LogP contribution in [0.2, 0.25) is 5.02 Å². The molecule has 0 unspecified atom stereocenters. The van der Waals surface area contributed by atoms with Gasteiger partial charge in [0.1, 0.15) is 0 Å². The molecule has 0 saturated carbocycles. The number of anilines is 2. The Morgan fingerprint density at radius 3 is 2.66 bits per heavy atom. The molecule has 0 bridgehead atoms. The number of para-hydroxylation sites is 1. The molecule has 3 aliphatic rings. The van der Waals surface area contributed by atoms with Crippen molar-refractivity contribution in [3.63, 3.8) is 0 Å². The van der Waals surface area contributed by atoms with Crippen LogP contribution in [0.25, 0.3) is 0 Å². The summed E-state index contributed by atoms with van der Waals surface area (Å²) >= 11 is 7.59. The lowest BCUT2D eigenvalue weighted by molar-refractivity contribution is -0.124. The Bertz CT molecular complexity index is 981. The zero-order chi connectivity index (χ0) is 20.0. The summed E-state index contributed by atoms with van der Waals surface area (Å²) in [7, 11) is 0. The second kappa shape index (κ2) is 7.32. The minimum Gasteiger partial charge on any atom is -0.379 e. The van der Waals surface area contributed by atoms with Crippen molar-refractivity contribution in [1.82, 2.24) is 4.90 Å². The van der Waals surface area contributed by atoms with Crippen LogP contribution in [0, 0.1) is 0 Å². The fourth-order valence-corrected chi connectivity index (χ4v) is 5.80. The van der Waals surface area contributed by atoms with E-state index in [9.17, 15) is 9.59 Å². The number of rotatable bonds is 3. The number of fused-ring (bicyclic) bond motifs is 2. The predicted molar refractivity (Wildman–Crippen MR) is 114 cm³/mol. The molecular formula is C21H20ClN3O3S. The van der Waals surface area contributed by atoms with Crippen LogP contribution in [0.5, 0.6) is 0 Å². The first-order valence-corrected chi connectivity index (χ1v) is 10.9. The molecule has 2 fully saturated rings. The topological polar surface area (TPSA) is 53.1 Å². The Morgan fingerprint density at radius 2 is 1.86 bits per heavy atom. The number of amides is 2. The van der Waals surface area contributed by atoms with Crippen molar-refractivity contribution in [3.05, 3.63) is 59.1 Å². The highest BCUT2D eigenvalue weighted by Gasteiger charge is 2.61. The molecule has 1 atom stereocenters. The van der Waals surface area contributed by atoms with Crippen LogP contribution >= 0.6 is 23.4 Å². The summed E-state index contributed by atoms with van der Waals surface area (Å²) in [5.41, 5.74) is 2.36. The third-order valence-electron chi connectivity index (χ3n) is 5.58. The van der Waals surface area contributed by atoms with Gasteiger partial charge in [-0.3, -0.25) is 24.3 Å². The van der Waals surface area contributed by atoms with Gasteiger partial charge in [-0.05, 0) is 24.3 Å². The lowest BCUT2D eigenvalue weighted by Crippen LogP contribution is -2.52. The SMILES string of the molecule is O=C1CS[C@]2(C(=O)N(CN3CCOCC3)c3ccccc32)N1c1cccc(Cl)c1. The van der Waals surface area contributed by atoms with Gasteiger partial charge < -0.3 is 4.74 Å². The second-order valence-electron chi connectivity index (χ2n) is 7.26. The lowest BCUT2D eigenvalue weighted by atomic mass is 10.0. The van der Waals surface area contributed by atoms with Crippen molar-refractivity contribution < 1.29 is 14.3 Å². The number of hydrogen-bond donors (Lipinski definition) is 0. The van der Waals surface area contributed by atoms with Gasteiger partial charge in [-0.2, -0.15) is 0 Å². The van der Waals surface area contributed by atoms with E-state index in [1.165, 1.54) is 11.8 Å². The number of nitrogens with zero attached hydrogens (tertiary/aromatic N) is 3. The number of morpholine rings is 1. The van der Waals surface area contributed by atoms with E-state index in [4.69, 9.17) is 16.3 Å². The maximum atomic E-state index is 13.9. The number of ether oxygens (including phenoxy) is 1. The molecule has 2 amide bonds. The number of thioether (sulfide) groups is 1. The summed E-state index contributed by atoms with van der Waals surface area (Å²) in [4.78, 5) is 31.4. The molecule has 150 valence electrons. The van der Waals surface area contributed by atoms with Crippen LogP contribution in [0.3, 0.4) is 0 Å². The normalized spacial score (nSPS) is 24.6. The second-order valence-corrected chi connectivity index (χ2v) is 8.87. The highest BCUT2D eigenvalue weighted by molar-refractivity contribution is 8.02. The van der Waals surface area contributed by atoms with Crippen molar-refractivity contribution in [1.29, 1.82) is 0 Å². The molecular weight excluding hydrogens is 410 g/mol. The molecule has 8 heteroatoms. The third kappa shape index (κ3) is 2.95. The zero-order valence-corrected chi connectivity index (χ0v) is 17.3. The number of carbonyl (C=O) groups excluding carboxylic acids is 2. The van der Waals surface area contributed by atoms with Crippen LogP contribution in [0.1, 0.15) is 5.56 Å². The van der Waals surface area contributed by atoms with Gasteiger partial charge in [-0.25, -0.2) is 0 Å². The first-order chi connectivity index (χ1) is 14.1. The monoisotopic (exact) mass is 429 g/mol. The standard InChI is InChI=1S/C21H20ClN3O3S/c22-15-4-3-5-16(12-15)25-19(26)13-29-21(25)17-6-1-2-7-18(17)24(20(21)27)14-23-8-10-28-11-9-23/h1-7,12H,8-11,13-14H2/t21-/m1/s1. The minimum absolute atomic E-state index is 0.0824. The van der Waals surface area contributed by atoms with Crippen molar-refractivity contribution in [2.45, 2.75) is 4.87 Å². The Kier molecular flexibility index (Phi) is 4.78. The van der Waals surface area contributed by atoms with Gasteiger partial charge in [0.15, 0.2) is 0 Å². The van der Waals surface area contributed by atoms with E-state index in [1.807, 2.05) is 35.2 Å². The van der Waals surface area contributed by atoms with Crippen molar-refractivity contribution in [3.8, 4) is 0 Å². The summed E-state index contributed by atoms with van der Waals surface area (Å²) in [6, 6.07) is 14.9. The first-order valence-electron chi connectivity index (χ1n) is 9.55. The van der Waals surface area contributed by atoms with Crippen LogP contribution in [-0.2, 0) is 19.2 Å². The number of hydrogen-bond acceptors (Lipinski definition) is 5. The average Bonchev–Trinajstić information content (AvgIpc) is 3.20. The van der Waals surface area contributed by atoms with Gasteiger partial charge in [0, 0.05) is 29.4 Å². The minimum atomic E-state index is -1.09. The van der Waals surface area contributed by atoms with Crippen molar-refractivity contribution in [2.24, 2.45) is 0 Å². The quantitative estimate of drug-likeness (QED) is 0.751. The van der Waals surface area contributed by atoms with Crippen LogP contribution in [0.15, 0.2) is 48.5 Å². The summed E-state index contributed by atoms with van der Waals surface area (Å²) in [5, 5.41) is 0.534. The van der Waals surface area contributed by atoms with Crippen LogP contribution < -0.4 is 9.80 Å². The van der Waals surface area contributed by atoms with E-state index in [-0.39, 0.29) is 17.6 Å². The summed E-state index contributed by atoms with van der Waals surface area (Å²) in [5.74, 6) is 0.0764. The molecule has 0 aliphatic carbocycles. The third-order valence-corrected chi connectivity index (χ3v) is 7.20. The van der Waals surface area contributed by atoms with E-state index < -0.39 is 4.87 Å². The number of halogens is 1.